The van der Waals surface area contributed by atoms with E-state index in [-0.39, 0.29) is 29.2 Å². The normalized spacial score (nSPS) is 27.2. The number of carbonyl (C=O) groups excluding carboxylic acids is 2. The second kappa shape index (κ2) is 13.8. The smallest absolute Gasteiger partial charge is 0.308 e. The van der Waals surface area contributed by atoms with Gasteiger partial charge in [-0.25, -0.2) is 0 Å². The molecule has 0 aromatic heterocycles. The summed E-state index contributed by atoms with van der Waals surface area (Å²) in [5, 5.41) is 11.3. The number of phenols is 1. The molecule has 1 amide bonds. The van der Waals surface area contributed by atoms with E-state index >= 15 is 0 Å². The van der Waals surface area contributed by atoms with E-state index in [1.54, 1.807) is 6.07 Å². The van der Waals surface area contributed by atoms with Crippen LogP contribution in [0.4, 0.5) is 0 Å². The molecule has 2 aromatic carbocycles. The average molecular weight is 643 g/mol. The molecule has 254 valence electrons. The summed E-state index contributed by atoms with van der Waals surface area (Å²) in [4.78, 5) is 30.4. The van der Waals surface area contributed by atoms with E-state index in [9.17, 15) is 14.7 Å². The molecule has 2 heterocycles. The molecule has 7 heteroatoms. The molecule has 2 aliphatic heterocycles. The van der Waals surface area contributed by atoms with E-state index in [0.717, 1.165) is 68.7 Å². The summed E-state index contributed by atoms with van der Waals surface area (Å²) < 4.78 is 12.5. The fourth-order valence-electron chi connectivity index (χ4n) is 9.81. The van der Waals surface area contributed by atoms with Crippen LogP contribution in [0.3, 0.4) is 0 Å². The van der Waals surface area contributed by atoms with Crippen molar-refractivity contribution in [3.8, 4) is 17.2 Å². The Bertz CT molecular complexity index is 1440. The van der Waals surface area contributed by atoms with Crippen molar-refractivity contribution >= 4 is 11.9 Å². The lowest BCUT2D eigenvalue weighted by Gasteiger charge is -2.60. The summed E-state index contributed by atoms with van der Waals surface area (Å²) in [5.74, 6) is 2.14. The highest BCUT2D eigenvalue weighted by Crippen LogP contribution is 2.65. The summed E-state index contributed by atoms with van der Waals surface area (Å²) in [7, 11) is 1.97. The third-order valence-corrected chi connectivity index (χ3v) is 12.3. The maximum Gasteiger partial charge on any atom is 0.308 e. The van der Waals surface area contributed by atoms with Crippen molar-refractivity contribution in [3.05, 3.63) is 53.1 Å². The lowest BCUT2D eigenvalue weighted by atomic mass is 9.50. The molecular weight excluding hydrogens is 588 g/mol. The van der Waals surface area contributed by atoms with Crippen LogP contribution in [0.1, 0.15) is 114 Å². The number of likely N-dealkylation sites (N-methyl/N-ethyl adjacent to an activating group) is 1. The molecule has 3 fully saturated rings. The van der Waals surface area contributed by atoms with Gasteiger partial charge >= 0.3 is 5.97 Å². The third kappa shape index (κ3) is 6.41. The van der Waals surface area contributed by atoms with Crippen LogP contribution in [0.5, 0.6) is 17.2 Å². The van der Waals surface area contributed by atoms with Gasteiger partial charge < -0.3 is 19.5 Å². The Morgan fingerprint density at radius 2 is 1.72 bits per heavy atom. The number of piperidine rings is 1. The minimum atomic E-state index is -0.423. The van der Waals surface area contributed by atoms with Crippen LogP contribution in [0.25, 0.3) is 0 Å². The first kappa shape index (κ1) is 32.5. The number of benzene rings is 2. The molecule has 3 aliphatic carbocycles. The Labute approximate surface area is 281 Å². The molecule has 0 radical (unpaired) electrons. The molecule has 7 nitrogen and oxygen atoms in total. The Morgan fingerprint density at radius 3 is 2.45 bits per heavy atom. The lowest BCUT2D eigenvalue weighted by molar-refractivity contribution is -0.140. The van der Waals surface area contributed by atoms with Gasteiger partial charge in [0, 0.05) is 55.6 Å². The number of hydrogen-bond donors (Lipinski definition) is 1. The number of rotatable bonds is 15. The lowest BCUT2D eigenvalue weighted by Crippen LogP contribution is -2.69. The zero-order valence-corrected chi connectivity index (χ0v) is 28.6. The number of amides is 1. The minimum Gasteiger partial charge on any atom is -0.508 e. The summed E-state index contributed by atoms with van der Waals surface area (Å²) in [6.45, 7) is 3.54. The number of aryl methyl sites for hydroxylation is 1. The second-order valence-corrected chi connectivity index (χ2v) is 15.3. The number of carbonyl (C=O) groups is 2. The third-order valence-electron chi connectivity index (χ3n) is 12.3. The first-order valence-corrected chi connectivity index (χ1v) is 18.6. The van der Waals surface area contributed by atoms with Crippen LogP contribution in [-0.2, 0) is 27.8 Å². The van der Waals surface area contributed by atoms with Gasteiger partial charge in [-0.15, -0.1) is 0 Å². The van der Waals surface area contributed by atoms with Gasteiger partial charge in [-0.2, -0.15) is 0 Å². The van der Waals surface area contributed by atoms with Crippen LogP contribution < -0.4 is 9.47 Å². The van der Waals surface area contributed by atoms with Gasteiger partial charge in [0.2, 0.25) is 5.91 Å². The van der Waals surface area contributed by atoms with Gasteiger partial charge in [-0.3, -0.25) is 14.5 Å². The van der Waals surface area contributed by atoms with Crippen LogP contribution in [-0.4, -0.2) is 65.1 Å². The molecule has 2 bridgehead atoms. The van der Waals surface area contributed by atoms with Crippen molar-refractivity contribution in [2.24, 2.45) is 11.8 Å². The molecular formula is C40H54N2O5. The van der Waals surface area contributed by atoms with Gasteiger partial charge in [0.15, 0.2) is 11.5 Å². The topological polar surface area (TPSA) is 79.3 Å². The molecule has 1 N–H and O–H groups in total. The van der Waals surface area contributed by atoms with E-state index < -0.39 is 5.97 Å². The van der Waals surface area contributed by atoms with Crippen LogP contribution in [0, 0.1) is 11.8 Å². The second-order valence-electron chi connectivity index (χ2n) is 15.3. The maximum atomic E-state index is 13.7. The molecule has 5 atom stereocenters. The molecule has 47 heavy (non-hydrogen) atoms. The molecule has 2 aromatic rings. The summed E-state index contributed by atoms with van der Waals surface area (Å²) >= 11 is 0. The van der Waals surface area contributed by atoms with E-state index in [1.165, 1.54) is 70.3 Å². The molecule has 0 unspecified atom stereocenters. The number of aromatic hydroxyl groups is 1. The number of phenolic OH excluding ortho intramolecular Hbond substituents is 1. The molecule has 1 spiro atoms. The van der Waals surface area contributed by atoms with Crippen LogP contribution >= 0.6 is 0 Å². The van der Waals surface area contributed by atoms with Crippen molar-refractivity contribution in [1.29, 1.82) is 0 Å². The van der Waals surface area contributed by atoms with Gasteiger partial charge in [0.25, 0.3) is 0 Å². The van der Waals surface area contributed by atoms with Gasteiger partial charge in [-0.05, 0) is 81.7 Å². The summed E-state index contributed by atoms with van der Waals surface area (Å²) in [5.41, 5.74) is 3.19. The molecule has 7 rings (SSSR count). The van der Waals surface area contributed by atoms with Crippen LogP contribution in [0.15, 0.2) is 36.4 Å². The van der Waals surface area contributed by atoms with E-state index in [1.807, 2.05) is 11.9 Å². The van der Waals surface area contributed by atoms with Gasteiger partial charge in [0.05, 0.1) is 6.04 Å². The number of unbranched alkanes of at least 4 members (excludes halogenated alkanes) is 7. The van der Waals surface area contributed by atoms with Crippen LogP contribution in [0.2, 0.25) is 0 Å². The highest BCUT2D eigenvalue weighted by Gasteiger charge is 2.67. The Hall–Kier alpha value is -3.06. The number of nitrogens with zero attached hydrogens (tertiary/aromatic N) is 2. The Morgan fingerprint density at radius 1 is 1.00 bits per heavy atom. The van der Waals surface area contributed by atoms with E-state index in [0.29, 0.717) is 29.9 Å². The zero-order valence-electron chi connectivity index (χ0n) is 28.6. The predicted octanol–water partition coefficient (Wildman–Crippen LogP) is 7.35. The number of ether oxygens (including phenoxy) is 2. The fraction of sp³-hybridized carbons (Fsp3) is 0.650. The molecule has 5 aliphatic rings. The highest BCUT2D eigenvalue weighted by atomic mass is 16.6. The Balaban J connectivity index is 0.965. The highest BCUT2D eigenvalue weighted by molar-refractivity contribution is 5.77. The van der Waals surface area contributed by atoms with Gasteiger partial charge in [-0.1, -0.05) is 68.9 Å². The van der Waals surface area contributed by atoms with Gasteiger partial charge in [0.1, 0.15) is 11.9 Å². The number of hydrogen-bond acceptors (Lipinski definition) is 6. The maximum absolute atomic E-state index is 13.7. The summed E-state index contributed by atoms with van der Waals surface area (Å²) in [6.07, 6.45) is 17.5. The standard InChI is InChI=1S/C40H54N2O5/c1-27(43)46-35-25-34(44)30-24-33-31-20-21-32(39-40(31,37(30)38(35)47-39)22-23-42(33)26-29-18-19-29)41(2)36(45)17-13-8-6-4-3-5-7-10-14-28-15-11-9-12-16-28/h9,11-12,15-16,25,29,31-33,39,44H,3-8,10,13-14,17-24,26H2,1-2H3/t31-,32-,33+,39-,40-/m0/s1. The van der Waals surface area contributed by atoms with E-state index in [4.69, 9.17) is 9.47 Å². The van der Waals surface area contributed by atoms with Crippen molar-refractivity contribution in [2.75, 3.05) is 20.1 Å². The van der Waals surface area contributed by atoms with E-state index in [2.05, 4.69) is 35.2 Å². The van der Waals surface area contributed by atoms with Crippen molar-refractivity contribution < 1.29 is 24.2 Å². The minimum absolute atomic E-state index is 0.0454. The van der Waals surface area contributed by atoms with Crippen molar-refractivity contribution in [3.63, 3.8) is 0 Å². The van der Waals surface area contributed by atoms with Crippen molar-refractivity contribution in [2.45, 2.75) is 133 Å². The Kier molecular flexibility index (Phi) is 9.55. The zero-order chi connectivity index (χ0) is 32.5. The first-order valence-electron chi connectivity index (χ1n) is 18.6. The predicted molar refractivity (Wildman–Crippen MR) is 183 cm³/mol. The summed E-state index contributed by atoms with van der Waals surface area (Å²) in [6, 6.07) is 12.7. The first-order chi connectivity index (χ1) is 22.9. The van der Waals surface area contributed by atoms with Crippen molar-refractivity contribution in [1.82, 2.24) is 9.80 Å². The molecule has 2 saturated carbocycles. The number of likely N-dealkylation sites (tertiary alicyclic amines) is 1. The molecule has 1 saturated heterocycles. The average Bonchev–Trinajstić information content (AvgIpc) is 3.82. The fourth-order valence-corrected chi connectivity index (χ4v) is 9.81. The number of esters is 1. The monoisotopic (exact) mass is 642 g/mol. The largest absolute Gasteiger partial charge is 0.508 e. The SMILES string of the molecule is CC(=O)Oc1cc(O)c2c3c1O[C@H]1[C@@H](N(C)C(=O)CCCCCCCCCCc4ccccc4)CC[C@H]4[C@@H](C2)N(CC2CC2)CC[C@@]341. The quantitative estimate of drug-likeness (QED) is 0.124.